The predicted octanol–water partition coefficient (Wildman–Crippen LogP) is 2.88. The van der Waals surface area contributed by atoms with Gasteiger partial charge in [-0.15, -0.1) is 0 Å². The lowest BCUT2D eigenvalue weighted by Gasteiger charge is -2.35. The van der Waals surface area contributed by atoms with Gasteiger partial charge < -0.3 is 24.1 Å². The monoisotopic (exact) mass is 369 g/mol. The minimum atomic E-state index is 0.0917. The van der Waals surface area contributed by atoms with Crippen LogP contribution in [0, 0.1) is 0 Å². The molecule has 7 heteroatoms. The number of thiocarbonyl (C=S) groups is 1. The maximum atomic E-state index is 6.07. The molecule has 0 saturated carbocycles. The smallest absolute Gasteiger partial charge is 0.205 e. The van der Waals surface area contributed by atoms with Crippen molar-refractivity contribution in [1.29, 1.82) is 0 Å². The van der Waals surface area contributed by atoms with Crippen molar-refractivity contribution in [2.75, 3.05) is 47.9 Å². The number of rotatable bonds is 9. The standard InChI is InChI=1S/C18H31N3O3S/c1-8-20(12-11-19(4)5)18(25)21(14(2)3)24-15-9-10-16(22-6)17(13-15)23-7/h9-10,13-14H,8,11-12H2,1-7H3. The third-order valence-corrected chi connectivity index (χ3v) is 4.12. The SMILES string of the molecule is CCN(CCN(C)C)C(=S)N(Oc1ccc(OC)c(OC)c1)C(C)C. The van der Waals surface area contributed by atoms with Gasteiger partial charge in [0.25, 0.3) is 0 Å². The number of hydrogen-bond donors (Lipinski definition) is 0. The van der Waals surface area contributed by atoms with Crippen LogP contribution in [-0.2, 0) is 0 Å². The molecule has 0 heterocycles. The van der Waals surface area contributed by atoms with Crippen LogP contribution in [0.5, 0.6) is 17.2 Å². The molecule has 0 unspecified atom stereocenters. The lowest BCUT2D eigenvalue weighted by Crippen LogP contribution is -2.49. The van der Waals surface area contributed by atoms with E-state index in [9.17, 15) is 0 Å². The first-order valence-corrected chi connectivity index (χ1v) is 8.87. The fraction of sp³-hybridized carbons (Fsp3) is 0.611. The van der Waals surface area contributed by atoms with Gasteiger partial charge in [0.05, 0.1) is 20.3 Å². The van der Waals surface area contributed by atoms with Crippen LogP contribution >= 0.6 is 12.2 Å². The summed E-state index contributed by atoms with van der Waals surface area (Å²) in [6.45, 7) is 8.79. The molecule has 0 fully saturated rings. The van der Waals surface area contributed by atoms with E-state index in [1.54, 1.807) is 25.3 Å². The maximum absolute atomic E-state index is 6.07. The van der Waals surface area contributed by atoms with Gasteiger partial charge in [-0.2, -0.15) is 5.06 Å². The molecule has 6 nitrogen and oxygen atoms in total. The Hall–Kier alpha value is -1.73. The Morgan fingerprint density at radius 3 is 2.20 bits per heavy atom. The molecular weight excluding hydrogens is 338 g/mol. The normalized spacial score (nSPS) is 10.8. The average molecular weight is 370 g/mol. The van der Waals surface area contributed by atoms with E-state index in [1.165, 1.54) is 0 Å². The summed E-state index contributed by atoms with van der Waals surface area (Å²) in [5.74, 6) is 1.93. The van der Waals surface area contributed by atoms with E-state index >= 15 is 0 Å². The Labute approximate surface area is 157 Å². The number of hydroxylamine groups is 2. The van der Waals surface area contributed by atoms with Gasteiger partial charge >= 0.3 is 0 Å². The predicted molar refractivity (Wildman–Crippen MR) is 106 cm³/mol. The highest BCUT2D eigenvalue weighted by molar-refractivity contribution is 7.80. The van der Waals surface area contributed by atoms with Crippen molar-refractivity contribution in [1.82, 2.24) is 14.9 Å². The number of ether oxygens (including phenoxy) is 2. The van der Waals surface area contributed by atoms with E-state index in [2.05, 4.69) is 30.8 Å². The zero-order valence-corrected chi connectivity index (χ0v) is 17.2. The van der Waals surface area contributed by atoms with Crippen LogP contribution in [0.25, 0.3) is 0 Å². The molecule has 0 aliphatic carbocycles. The highest BCUT2D eigenvalue weighted by Crippen LogP contribution is 2.31. The van der Waals surface area contributed by atoms with Gasteiger partial charge in [-0.1, -0.05) is 0 Å². The first-order valence-electron chi connectivity index (χ1n) is 8.46. The van der Waals surface area contributed by atoms with Gasteiger partial charge in [-0.25, -0.2) is 0 Å². The molecule has 1 aromatic carbocycles. The van der Waals surface area contributed by atoms with Crippen LogP contribution in [0.15, 0.2) is 18.2 Å². The maximum Gasteiger partial charge on any atom is 0.205 e. The highest BCUT2D eigenvalue weighted by Gasteiger charge is 2.21. The second-order valence-corrected chi connectivity index (χ2v) is 6.56. The van der Waals surface area contributed by atoms with E-state index in [-0.39, 0.29) is 6.04 Å². The minimum absolute atomic E-state index is 0.0917. The molecule has 0 N–H and O–H groups in total. The molecule has 0 aromatic heterocycles. The summed E-state index contributed by atoms with van der Waals surface area (Å²) in [4.78, 5) is 10.3. The third kappa shape index (κ3) is 6.25. The fourth-order valence-corrected chi connectivity index (χ4v) is 2.67. The van der Waals surface area contributed by atoms with Gasteiger partial charge in [0.1, 0.15) is 0 Å². The van der Waals surface area contributed by atoms with Gasteiger partial charge in [0.15, 0.2) is 17.2 Å². The van der Waals surface area contributed by atoms with Gasteiger partial charge in [-0.05, 0) is 59.2 Å². The number of methoxy groups -OCH3 is 2. The molecule has 0 amide bonds. The topological polar surface area (TPSA) is 37.4 Å². The Balaban J connectivity index is 2.94. The second kappa shape index (κ2) is 10.3. The van der Waals surface area contributed by atoms with E-state index in [0.717, 1.165) is 19.6 Å². The first-order chi connectivity index (χ1) is 11.8. The molecule has 0 aliphatic heterocycles. The summed E-state index contributed by atoms with van der Waals surface area (Å²) in [7, 11) is 7.32. The van der Waals surface area contributed by atoms with Crippen LogP contribution in [0.2, 0.25) is 0 Å². The van der Waals surface area contributed by atoms with Crippen LogP contribution in [-0.4, -0.2) is 74.0 Å². The lowest BCUT2D eigenvalue weighted by atomic mass is 10.3. The molecule has 25 heavy (non-hydrogen) atoms. The van der Waals surface area contributed by atoms with Crippen LogP contribution < -0.4 is 14.3 Å². The fourth-order valence-electron chi connectivity index (χ4n) is 2.20. The van der Waals surface area contributed by atoms with Crippen molar-refractivity contribution in [3.05, 3.63) is 18.2 Å². The highest BCUT2D eigenvalue weighted by atomic mass is 32.1. The van der Waals surface area contributed by atoms with Crippen molar-refractivity contribution in [3.8, 4) is 17.2 Å². The Bertz CT molecular complexity index is 552. The lowest BCUT2D eigenvalue weighted by molar-refractivity contribution is -0.0197. The third-order valence-electron chi connectivity index (χ3n) is 3.69. The van der Waals surface area contributed by atoms with Crippen LogP contribution in [0.1, 0.15) is 20.8 Å². The summed E-state index contributed by atoms with van der Waals surface area (Å²) in [6.07, 6.45) is 0. The number of benzene rings is 1. The van der Waals surface area contributed by atoms with Crippen LogP contribution in [0.3, 0.4) is 0 Å². The van der Waals surface area contributed by atoms with Gasteiger partial charge in [-0.3, -0.25) is 0 Å². The zero-order chi connectivity index (χ0) is 19.0. The quantitative estimate of drug-likeness (QED) is 0.489. The molecule has 0 atom stereocenters. The van der Waals surface area contributed by atoms with E-state index in [1.807, 2.05) is 26.0 Å². The van der Waals surface area contributed by atoms with Crippen molar-refractivity contribution in [2.45, 2.75) is 26.8 Å². The molecule has 0 radical (unpaired) electrons. The van der Waals surface area contributed by atoms with E-state index in [0.29, 0.717) is 22.4 Å². The number of likely N-dealkylation sites (N-methyl/N-ethyl adjacent to an activating group) is 2. The number of hydrogen-bond acceptors (Lipinski definition) is 5. The Morgan fingerprint density at radius 1 is 1.08 bits per heavy atom. The molecule has 142 valence electrons. The van der Waals surface area contributed by atoms with Crippen LogP contribution in [0.4, 0.5) is 0 Å². The Kier molecular flexibility index (Phi) is 8.78. The summed E-state index contributed by atoms with van der Waals surface area (Å²) in [5.41, 5.74) is 0. The molecule has 1 aromatic rings. The molecular formula is C18H31N3O3S. The Morgan fingerprint density at radius 2 is 1.72 bits per heavy atom. The first kappa shape index (κ1) is 21.3. The van der Waals surface area contributed by atoms with Crippen molar-refractivity contribution >= 4 is 17.3 Å². The summed E-state index contributed by atoms with van der Waals surface area (Å²) in [6, 6.07) is 5.55. The van der Waals surface area contributed by atoms with Gasteiger partial charge in [0, 0.05) is 25.7 Å². The molecule has 0 saturated heterocycles. The molecule has 0 aliphatic rings. The second-order valence-electron chi connectivity index (χ2n) is 6.19. The van der Waals surface area contributed by atoms with Gasteiger partial charge in [0.2, 0.25) is 5.11 Å². The van der Waals surface area contributed by atoms with Crippen molar-refractivity contribution in [3.63, 3.8) is 0 Å². The minimum Gasteiger partial charge on any atom is -0.493 e. The van der Waals surface area contributed by atoms with E-state index in [4.69, 9.17) is 26.5 Å². The largest absolute Gasteiger partial charge is 0.493 e. The van der Waals surface area contributed by atoms with Crippen molar-refractivity contribution in [2.24, 2.45) is 0 Å². The van der Waals surface area contributed by atoms with E-state index < -0.39 is 0 Å². The summed E-state index contributed by atoms with van der Waals surface area (Å²) >= 11 is 5.69. The zero-order valence-electron chi connectivity index (χ0n) is 16.4. The summed E-state index contributed by atoms with van der Waals surface area (Å²) < 4.78 is 10.6. The summed E-state index contributed by atoms with van der Waals surface area (Å²) in [5, 5.41) is 2.43. The molecule has 0 spiro atoms. The molecule has 0 bridgehead atoms. The number of nitrogens with zero attached hydrogens (tertiary/aromatic N) is 3. The van der Waals surface area contributed by atoms with Crippen molar-refractivity contribution < 1.29 is 14.3 Å². The average Bonchev–Trinajstić information content (AvgIpc) is 2.59. The molecule has 1 rings (SSSR count).